The largest absolute Gasteiger partial charge is 0.418 e. The summed E-state index contributed by atoms with van der Waals surface area (Å²) < 4.78 is 59.0. The third kappa shape index (κ3) is 2.47. The SMILES string of the molecule is O=C(Nc1cc(C(F)(F)F)c(Cl)cn1)C12CC1(c1ccnc(F)c1)C1OC2CC1O. The van der Waals surface area contributed by atoms with Crippen molar-refractivity contribution in [3.8, 4) is 0 Å². The number of carbonyl (C=O) groups is 1. The van der Waals surface area contributed by atoms with Crippen LogP contribution in [0.5, 0.6) is 0 Å². The molecular formula is C19H14ClF4N3O3. The predicted molar refractivity (Wildman–Crippen MR) is 95.1 cm³/mol. The molecule has 5 unspecified atom stereocenters. The van der Waals surface area contributed by atoms with E-state index in [4.69, 9.17) is 16.3 Å². The minimum atomic E-state index is -4.71. The number of ether oxygens (including phenoxy) is 1. The van der Waals surface area contributed by atoms with E-state index in [-0.39, 0.29) is 18.7 Å². The fourth-order valence-electron chi connectivity index (χ4n) is 5.16. The second-order valence-electron chi connectivity index (χ2n) is 7.84. The Kier molecular flexibility index (Phi) is 4.01. The fraction of sp³-hybridized carbons (Fsp3) is 0.421. The lowest BCUT2D eigenvalue weighted by Gasteiger charge is -2.29. The Morgan fingerprint density at radius 3 is 2.80 bits per heavy atom. The number of aromatic nitrogens is 2. The van der Waals surface area contributed by atoms with Gasteiger partial charge < -0.3 is 15.2 Å². The van der Waals surface area contributed by atoms with Gasteiger partial charge in [0.2, 0.25) is 11.9 Å². The van der Waals surface area contributed by atoms with Crippen molar-refractivity contribution < 1.29 is 32.2 Å². The zero-order chi connectivity index (χ0) is 21.5. The molecule has 2 bridgehead atoms. The van der Waals surface area contributed by atoms with Crippen molar-refractivity contribution in [3.05, 3.63) is 52.7 Å². The van der Waals surface area contributed by atoms with Gasteiger partial charge in [0.1, 0.15) is 5.82 Å². The molecular weight excluding hydrogens is 430 g/mol. The van der Waals surface area contributed by atoms with Gasteiger partial charge >= 0.3 is 6.18 Å². The Balaban J connectivity index is 1.51. The number of rotatable bonds is 3. The zero-order valence-electron chi connectivity index (χ0n) is 15.1. The molecule has 2 aliphatic heterocycles. The number of aliphatic hydroxyl groups excluding tert-OH is 1. The number of anilines is 1. The molecule has 2 aromatic heterocycles. The average molecular weight is 444 g/mol. The molecule has 0 spiro atoms. The van der Waals surface area contributed by atoms with Crippen LogP contribution in [0.4, 0.5) is 23.4 Å². The summed E-state index contributed by atoms with van der Waals surface area (Å²) in [5.41, 5.74) is -2.80. The number of nitrogens with one attached hydrogen (secondary N) is 1. The Morgan fingerprint density at radius 2 is 2.10 bits per heavy atom. The number of amides is 1. The fourth-order valence-corrected chi connectivity index (χ4v) is 5.37. The quantitative estimate of drug-likeness (QED) is 0.562. The summed E-state index contributed by atoms with van der Waals surface area (Å²) >= 11 is 5.58. The zero-order valence-corrected chi connectivity index (χ0v) is 15.8. The maximum atomic E-state index is 13.8. The van der Waals surface area contributed by atoms with Crippen LogP contribution in [0.3, 0.4) is 0 Å². The summed E-state index contributed by atoms with van der Waals surface area (Å²) in [5, 5.41) is 12.2. The second-order valence-corrected chi connectivity index (χ2v) is 8.24. The van der Waals surface area contributed by atoms with E-state index in [2.05, 4.69) is 15.3 Å². The smallest absolute Gasteiger partial charge is 0.390 e. The van der Waals surface area contributed by atoms with Crippen LogP contribution in [0.25, 0.3) is 0 Å². The first-order valence-electron chi connectivity index (χ1n) is 9.09. The normalized spacial score (nSPS) is 34.0. The summed E-state index contributed by atoms with van der Waals surface area (Å²) in [6.45, 7) is 0. The number of hydrogen-bond donors (Lipinski definition) is 2. The first kappa shape index (κ1) is 19.7. The van der Waals surface area contributed by atoms with Crippen LogP contribution >= 0.6 is 11.6 Å². The molecule has 2 N–H and O–H groups in total. The number of pyridine rings is 2. The number of aliphatic hydroxyl groups is 1. The summed E-state index contributed by atoms with van der Waals surface area (Å²) in [7, 11) is 0. The second kappa shape index (κ2) is 6.12. The molecule has 3 aliphatic rings. The molecule has 1 amide bonds. The van der Waals surface area contributed by atoms with E-state index in [0.29, 0.717) is 11.6 Å². The van der Waals surface area contributed by atoms with Crippen molar-refractivity contribution in [1.82, 2.24) is 9.97 Å². The van der Waals surface area contributed by atoms with Gasteiger partial charge in [-0.05, 0) is 30.2 Å². The number of nitrogens with zero attached hydrogens (tertiary/aromatic N) is 2. The first-order valence-corrected chi connectivity index (χ1v) is 9.47. The van der Waals surface area contributed by atoms with Gasteiger partial charge in [-0.25, -0.2) is 9.97 Å². The van der Waals surface area contributed by atoms with Gasteiger partial charge in [0.15, 0.2) is 0 Å². The highest BCUT2D eigenvalue weighted by molar-refractivity contribution is 6.31. The van der Waals surface area contributed by atoms with Crippen molar-refractivity contribution in [1.29, 1.82) is 0 Å². The van der Waals surface area contributed by atoms with Crippen molar-refractivity contribution >= 4 is 23.3 Å². The van der Waals surface area contributed by atoms with E-state index in [9.17, 15) is 27.5 Å². The minimum Gasteiger partial charge on any atom is -0.390 e. The molecule has 5 rings (SSSR count). The number of halogens is 5. The lowest BCUT2D eigenvalue weighted by molar-refractivity contribution is -0.137. The molecule has 30 heavy (non-hydrogen) atoms. The Labute approximate surface area is 172 Å². The predicted octanol–water partition coefficient (Wildman–Crippen LogP) is 3.09. The van der Waals surface area contributed by atoms with Gasteiger partial charge in [-0.15, -0.1) is 0 Å². The van der Waals surface area contributed by atoms with Gasteiger partial charge in [-0.3, -0.25) is 4.79 Å². The van der Waals surface area contributed by atoms with Crippen molar-refractivity contribution in [3.63, 3.8) is 0 Å². The molecule has 0 radical (unpaired) electrons. The standard InChI is InChI=1S/C19H14ClF4N3O3/c20-10-6-26-14(4-9(10)19(22,23)24)27-16(29)18-7-17(18,8-1-2-25-13(21)3-8)15-11(28)5-12(18)30-15/h1-4,6,11-12,15,28H,5,7H2,(H,26,27,29). The third-order valence-corrected chi connectivity index (χ3v) is 6.73. The summed E-state index contributed by atoms with van der Waals surface area (Å²) in [6.07, 6.45) is -4.37. The average Bonchev–Trinajstić information content (AvgIpc) is 3.16. The van der Waals surface area contributed by atoms with Crippen molar-refractivity contribution in [2.75, 3.05) is 5.32 Å². The lowest BCUT2D eigenvalue weighted by Crippen LogP contribution is -2.44. The van der Waals surface area contributed by atoms with Crippen molar-refractivity contribution in [2.45, 2.75) is 42.7 Å². The number of alkyl halides is 3. The van der Waals surface area contributed by atoms with E-state index in [1.807, 2.05) is 0 Å². The van der Waals surface area contributed by atoms with Crippen LogP contribution in [0.2, 0.25) is 5.02 Å². The molecule has 0 aromatic carbocycles. The van der Waals surface area contributed by atoms with Crippen LogP contribution in [-0.2, 0) is 21.1 Å². The van der Waals surface area contributed by atoms with Gasteiger partial charge in [0.25, 0.3) is 0 Å². The molecule has 5 atom stereocenters. The van der Waals surface area contributed by atoms with Crippen LogP contribution in [0.15, 0.2) is 30.6 Å². The molecule has 11 heteroatoms. The van der Waals surface area contributed by atoms with Gasteiger partial charge in [-0.1, -0.05) is 11.6 Å². The molecule has 6 nitrogen and oxygen atoms in total. The highest BCUT2D eigenvalue weighted by Crippen LogP contribution is 2.77. The topological polar surface area (TPSA) is 84.3 Å². The van der Waals surface area contributed by atoms with Crippen LogP contribution < -0.4 is 5.32 Å². The molecule has 2 saturated heterocycles. The Morgan fingerprint density at radius 1 is 1.33 bits per heavy atom. The molecule has 1 saturated carbocycles. The van der Waals surface area contributed by atoms with Crippen LogP contribution in [0, 0.1) is 11.4 Å². The molecule has 2 aromatic rings. The van der Waals surface area contributed by atoms with Crippen LogP contribution in [0.1, 0.15) is 24.0 Å². The first-order chi connectivity index (χ1) is 14.1. The number of fused-ring (bicyclic) bond motifs is 5. The van der Waals surface area contributed by atoms with E-state index < -0.39 is 57.8 Å². The molecule has 1 aliphatic carbocycles. The maximum Gasteiger partial charge on any atom is 0.418 e. The van der Waals surface area contributed by atoms with E-state index in [1.165, 1.54) is 12.3 Å². The third-order valence-electron chi connectivity index (χ3n) is 6.43. The highest BCUT2D eigenvalue weighted by atomic mass is 35.5. The van der Waals surface area contributed by atoms with E-state index in [0.717, 1.165) is 6.20 Å². The summed E-state index contributed by atoms with van der Waals surface area (Å²) in [6, 6.07) is 3.40. The molecule has 3 fully saturated rings. The van der Waals surface area contributed by atoms with Gasteiger partial charge in [0, 0.05) is 24.2 Å². The minimum absolute atomic E-state index is 0.204. The van der Waals surface area contributed by atoms with E-state index in [1.54, 1.807) is 6.07 Å². The monoisotopic (exact) mass is 443 g/mol. The maximum absolute atomic E-state index is 13.8. The number of hydrogen-bond acceptors (Lipinski definition) is 5. The number of carbonyl (C=O) groups excluding carboxylic acids is 1. The summed E-state index contributed by atoms with van der Waals surface area (Å²) in [4.78, 5) is 20.5. The molecule has 158 valence electrons. The lowest BCUT2D eigenvalue weighted by atomic mass is 9.74. The van der Waals surface area contributed by atoms with E-state index >= 15 is 0 Å². The van der Waals surface area contributed by atoms with Crippen molar-refractivity contribution in [2.24, 2.45) is 5.41 Å². The van der Waals surface area contributed by atoms with Crippen LogP contribution in [-0.4, -0.2) is 39.3 Å². The Bertz CT molecular complexity index is 1070. The molecule has 4 heterocycles. The Hall–Kier alpha value is -2.30. The highest BCUT2D eigenvalue weighted by Gasteiger charge is 2.87. The summed E-state index contributed by atoms with van der Waals surface area (Å²) in [5.74, 6) is -1.65. The van der Waals surface area contributed by atoms with Gasteiger partial charge in [-0.2, -0.15) is 17.6 Å². The van der Waals surface area contributed by atoms with Gasteiger partial charge in [0.05, 0.1) is 34.3 Å².